The molecule has 0 spiro atoms. The summed E-state index contributed by atoms with van der Waals surface area (Å²) < 4.78 is 5.11. The third-order valence-electron chi connectivity index (χ3n) is 4.00. The Morgan fingerprint density at radius 2 is 2.15 bits per heavy atom. The number of nitrogens with zero attached hydrogens (tertiary/aromatic N) is 2. The molecule has 0 saturated heterocycles. The van der Waals surface area contributed by atoms with Crippen LogP contribution in [0.15, 0.2) is 23.8 Å². The van der Waals surface area contributed by atoms with E-state index < -0.39 is 0 Å². The van der Waals surface area contributed by atoms with Gasteiger partial charge in [0.1, 0.15) is 0 Å². The topological polar surface area (TPSA) is 61.0 Å². The Kier molecular flexibility index (Phi) is 4.12. The molecule has 0 bridgehead atoms. The van der Waals surface area contributed by atoms with Gasteiger partial charge in [-0.15, -0.1) is 0 Å². The number of hydrogen-bond acceptors (Lipinski definition) is 4. The fourth-order valence-electron chi connectivity index (χ4n) is 2.83. The van der Waals surface area contributed by atoms with Crippen molar-refractivity contribution < 1.29 is 4.74 Å². The quantitative estimate of drug-likeness (QED) is 0.857. The van der Waals surface area contributed by atoms with E-state index >= 15 is 0 Å². The van der Waals surface area contributed by atoms with Gasteiger partial charge in [-0.05, 0) is 31.3 Å². The average Bonchev–Trinajstić information content (AvgIpc) is 2.36. The van der Waals surface area contributed by atoms with E-state index in [2.05, 4.69) is 42.9 Å². The molecule has 1 aromatic heterocycles. The Balaban J connectivity index is 2.26. The summed E-state index contributed by atoms with van der Waals surface area (Å²) in [6, 6.07) is 1.79. The average molecular weight is 273 g/mol. The van der Waals surface area contributed by atoms with E-state index in [9.17, 15) is 0 Å². The molecule has 1 unspecified atom stereocenters. The Labute approximate surface area is 120 Å². The summed E-state index contributed by atoms with van der Waals surface area (Å²) >= 11 is 0. The molecule has 1 heterocycles. The minimum absolute atomic E-state index is 0.235. The number of nitrogen functional groups attached to an aromatic ring is 1. The molecule has 0 radical (unpaired) electrons. The third-order valence-corrected chi connectivity index (χ3v) is 4.00. The Morgan fingerprint density at radius 1 is 1.40 bits per heavy atom. The van der Waals surface area contributed by atoms with Gasteiger partial charge in [0.15, 0.2) is 0 Å². The number of rotatable bonds is 3. The number of methoxy groups -OCH3 is 1. The van der Waals surface area contributed by atoms with Gasteiger partial charge in [0.2, 0.25) is 11.8 Å². The van der Waals surface area contributed by atoms with E-state index in [1.807, 2.05) is 6.08 Å². The summed E-state index contributed by atoms with van der Waals surface area (Å²) in [5.74, 6) is 1.16. The van der Waals surface area contributed by atoms with Crippen LogP contribution >= 0.6 is 0 Å². The highest BCUT2D eigenvalue weighted by atomic mass is 16.5. The Hall–Kier alpha value is -1.84. The van der Waals surface area contributed by atoms with Crippen LogP contribution in [0.3, 0.4) is 0 Å². The van der Waals surface area contributed by atoms with Crippen molar-refractivity contribution in [3.05, 3.63) is 29.5 Å². The van der Waals surface area contributed by atoms with Crippen LogP contribution in [0, 0.1) is 11.3 Å². The van der Waals surface area contributed by atoms with Crippen LogP contribution in [-0.4, -0.2) is 17.1 Å². The van der Waals surface area contributed by atoms with Gasteiger partial charge in [0.05, 0.1) is 12.8 Å². The largest absolute Gasteiger partial charge is 0.481 e. The lowest BCUT2D eigenvalue weighted by Crippen LogP contribution is -2.26. The third kappa shape index (κ3) is 3.18. The van der Waals surface area contributed by atoms with Crippen LogP contribution < -0.4 is 10.5 Å². The number of anilines is 1. The highest BCUT2D eigenvalue weighted by Gasteiger charge is 2.30. The molecule has 0 amide bonds. The fraction of sp³-hybridized carbons (Fsp3) is 0.500. The summed E-state index contributed by atoms with van der Waals surface area (Å²) in [7, 11) is 1.58. The van der Waals surface area contributed by atoms with Crippen molar-refractivity contribution >= 4 is 12.0 Å². The zero-order valence-corrected chi connectivity index (χ0v) is 12.7. The first-order chi connectivity index (χ1) is 9.42. The van der Waals surface area contributed by atoms with E-state index in [4.69, 9.17) is 10.5 Å². The highest BCUT2D eigenvalue weighted by molar-refractivity contribution is 5.49. The molecule has 0 fully saturated rings. The number of aromatic nitrogens is 2. The van der Waals surface area contributed by atoms with Gasteiger partial charge in [-0.1, -0.05) is 31.6 Å². The molecule has 0 aliphatic heterocycles. The van der Waals surface area contributed by atoms with Crippen LogP contribution in [0.2, 0.25) is 0 Å². The molecule has 20 heavy (non-hydrogen) atoms. The minimum atomic E-state index is 0.235. The molecule has 1 aliphatic rings. The maximum Gasteiger partial charge on any atom is 0.223 e. The second-order valence-corrected chi connectivity index (χ2v) is 6.01. The lowest BCUT2D eigenvalue weighted by atomic mass is 9.68. The molecular weight excluding hydrogens is 250 g/mol. The molecule has 1 aromatic rings. The minimum Gasteiger partial charge on any atom is -0.481 e. The van der Waals surface area contributed by atoms with Crippen molar-refractivity contribution in [1.82, 2.24) is 9.97 Å². The standard InChI is InChI=1S/C16H23N3O/c1-11-6-5-9-16(2,3)13(11)8-7-12-10-14(20-4)19-15(17)18-12/h6-8,10,13H,5,9H2,1-4H3,(H2,17,18,19)/b8-7+. The summed E-state index contributed by atoms with van der Waals surface area (Å²) in [6.07, 6.45) is 8.92. The first-order valence-electron chi connectivity index (χ1n) is 6.96. The lowest BCUT2D eigenvalue weighted by molar-refractivity contribution is 0.256. The summed E-state index contributed by atoms with van der Waals surface area (Å²) in [5.41, 5.74) is 8.16. The SMILES string of the molecule is COc1cc(/C=C/C2C(C)=CCCC2(C)C)nc(N)n1. The Morgan fingerprint density at radius 3 is 2.80 bits per heavy atom. The zero-order chi connectivity index (χ0) is 14.8. The first kappa shape index (κ1) is 14.6. The second kappa shape index (κ2) is 5.65. The van der Waals surface area contributed by atoms with Crippen LogP contribution in [0.25, 0.3) is 6.08 Å². The van der Waals surface area contributed by atoms with Crippen LogP contribution in [0.5, 0.6) is 5.88 Å². The number of allylic oxidation sites excluding steroid dienone is 3. The molecule has 1 aliphatic carbocycles. The second-order valence-electron chi connectivity index (χ2n) is 6.01. The predicted octanol–water partition coefficient (Wildman–Crippen LogP) is 3.46. The van der Waals surface area contributed by atoms with Crippen molar-refractivity contribution in [2.75, 3.05) is 12.8 Å². The van der Waals surface area contributed by atoms with Gasteiger partial charge in [-0.3, -0.25) is 0 Å². The van der Waals surface area contributed by atoms with Gasteiger partial charge >= 0.3 is 0 Å². The summed E-state index contributed by atoms with van der Waals surface area (Å²) in [5, 5.41) is 0. The van der Waals surface area contributed by atoms with E-state index in [1.54, 1.807) is 13.2 Å². The van der Waals surface area contributed by atoms with Gasteiger partial charge in [0.25, 0.3) is 0 Å². The van der Waals surface area contributed by atoms with Gasteiger partial charge in [0, 0.05) is 12.0 Å². The van der Waals surface area contributed by atoms with Crippen LogP contribution in [0.1, 0.15) is 39.3 Å². The number of nitrogens with two attached hydrogens (primary N) is 1. The molecule has 1 atom stereocenters. The highest BCUT2D eigenvalue weighted by Crippen LogP contribution is 2.41. The molecule has 108 valence electrons. The van der Waals surface area contributed by atoms with Gasteiger partial charge < -0.3 is 10.5 Å². The zero-order valence-electron chi connectivity index (χ0n) is 12.7. The van der Waals surface area contributed by atoms with Crippen molar-refractivity contribution in [2.45, 2.75) is 33.6 Å². The normalized spacial score (nSPS) is 21.8. The van der Waals surface area contributed by atoms with E-state index in [-0.39, 0.29) is 11.4 Å². The maximum atomic E-state index is 5.68. The molecule has 4 heteroatoms. The van der Waals surface area contributed by atoms with E-state index in [0.717, 1.165) is 12.1 Å². The van der Waals surface area contributed by atoms with E-state index in [0.29, 0.717) is 11.8 Å². The monoisotopic (exact) mass is 273 g/mol. The maximum absolute atomic E-state index is 5.68. The van der Waals surface area contributed by atoms with Crippen molar-refractivity contribution in [1.29, 1.82) is 0 Å². The first-order valence-corrected chi connectivity index (χ1v) is 6.96. The smallest absolute Gasteiger partial charge is 0.223 e. The molecule has 0 saturated carbocycles. The van der Waals surface area contributed by atoms with Gasteiger partial charge in [-0.25, -0.2) is 4.98 Å². The molecule has 4 nitrogen and oxygen atoms in total. The van der Waals surface area contributed by atoms with E-state index in [1.165, 1.54) is 12.0 Å². The number of ether oxygens (including phenoxy) is 1. The van der Waals surface area contributed by atoms with Gasteiger partial charge in [-0.2, -0.15) is 4.98 Å². The summed E-state index contributed by atoms with van der Waals surface area (Å²) in [4.78, 5) is 8.21. The van der Waals surface area contributed by atoms with Crippen molar-refractivity contribution in [3.63, 3.8) is 0 Å². The molecular formula is C16H23N3O. The van der Waals surface area contributed by atoms with Crippen LogP contribution in [-0.2, 0) is 0 Å². The van der Waals surface area contributed by atoms with Crippen LogP contribution in [0.4, 0.5) is 5.95 Å². The molecule has 2 rings (SSSR count). The molecule has 2 N–H and O–H groups in total. The predicted molar refractivity (Wildman–Crippen MR) is 82.3 cm³/mol. The Bertz CT molecular complexity index is 547. The van der Waals surface area contributed by atoms with Crippen molar-refractivity contribution in [2.24, 2.45) is 11.3 Å². The number of hydrogen-bond donors (Lipinski definition) is 1. The lowest BCUT2D eigenvalue weighted by Gasteiger charge is -2.36. The molecule has 0 aromatic carbocycles. The fourth-order valence-corrected chi connectivity index (χ4v) is 2.83. The summed E-state index contributed by atoms with van der Waals surface area (Å²) in [6.45, 7) is 6.83. The van der Waals surface area contributed by atoms with Crippen molar-refractivity contribution in [3.8, 4) is 5.88 Å².